The molecule has 0 radical (unpaired) electrons. The maximum Gasteiger partial charge on any atom is 0.573 e. The second kappa shape index (κ2) is 10.5. The lowest BCUT2D eigenvalue weighted by molar-refractivity contribution is -0.274. The third kappa shape index (κ3) is 6.73. The molecule has 2 aromatic rings. The lowest BCUT2D eigenvalue weighted by Crippen LogP contribution is -2.17. The van der Waals surface area contributed by atoms with E-state index in [1.54, 1.807) is 13.0 Å². The second-order valence-electron chi connectivity index (χ2n) is 6.29. The van der Waals surface area contributed by atoms with Crippen molar-refractivity contribution >= 4 is 35.0 Å². The van der Waals surface area contributed by atoms with E-state index in [2.05, 4.69) is 9.72 Å². The normalized spacial score (nSPS) is 11.0. The number of carbonyl (C=O) groups is 2. The van der Waals surface area contributed by atoms with Crippen molar-refractivity contribution < 1.29 is 37.3 Å². The maximum atomic E-state index is 12.4. The third-order valence-electron chi connectivity index (χ3n) is 4.00. The molecule has 0 saturated heterocycles. The van der Waals surface area contributed by atoms with Gasteiger partial charge in [0.2, 0.25) is 0 Å². The molecule has 7 nitrogen and oxygen atoms in total. The van der Waals surface area contributed by atoms with Crippen LogP contribution in [-0.4, -0.2) is 34.8 Å². The zero-order chi connectivity index (χ0) is 24.1. The summed E-state index contributed by atoms with van der Waals surface area (Å²) >= 11 is 12.1. The van der Waals surface area contributed by atoms with Crippen LogP contribution >= 0.6 is 23.2 Å². The number of hydrogen-bond donors (Lipinski definition) is 1. The molecule has 0 saturated carbocycles. The molecule has 32 heavy (non-hydrogen) atoms. The predicted octanol–water partition coefficient (Wildman–Crippen LogP) is 4.98. The summed E-state index contributed by atoms with van der Waals surface area (Å²) in [6, 6.07) is 4.73. The van der Waals surface area contributed by atoms with Gasteiger partial charge >= 0.3 is 12.3 Å². The number of ether oxygens (including phenoxy) is 2. The first-order valence-corrected chi connectivity index (χ1v) is 9.76. The molecule has 0 aliphatic heterocycles. The van der Waals surface area contributed by atoms with Crippen molar-refractivity contribution in [1.82, 2.24) is 4.98 Å². The number of alkyl halides is 3. The number of nitrogens with zero attached hydrogens (tertiary/aromatic N) is 2. The lowest BCUT2D eigenvalue weighted by atomic mass is 10.0. The molecular formula is C20H15Cl2F3N2O5. The number of esters is 1. The SMILES string of the molecule is CCOC(=O)CCC(=O)c1nc(Cc2c(Cl)cc(OC(F)(F)F)cc2Cl)cc(C#N)c1O. The van der Waals surface area contributed by atoms with E-state index in [0.29, 0.717) is 0 Å². The first-order chi connectivity index (χ1) is 14.9. The van der Waals surface area contributed by atoms with Crippen LogP contribution in [0.25, 0.3) is 0 Å². The highest BCUT2D eigenvalue weighted by molar-refractivity contribution is 6.36. The number of pyridine rings is 1. The molecule has 0 aliphatic rings. The van der Waals surface area contributed by atoms with Crippen molar-refractivity contribution in [3.63, 3.8) is 0 Å². The number of carbonyl (C=O) groups excluding carboxylic acids is 2. The maximum absolute atomic E-state index is 12.4. The van der Waals surface area contributed by atoms with Crippen molar-refractivity contribution in [2.75, 3.05) is 6.61 Å². The highest BCUT2D eigenvalue weighted by Gasteiger charge is 2.31. The van der Waals surface area contributed by atoms with Gasteiger partial charge in [-0.3, -0.25) is 9.59 Å². The fourth-order valence-corrected chi connectivity index (χ4v) is 3.25. The van der Waals surface area contributed by atoms with Crippen molar-refractivity contribution in [1.29, 1.82) is 5.26 Å². The molecule has 1 aromatic heterocycles. The second-order valence-corrected chi connectivity index (χ2v) is 7.10. The Morgan fingerprint density at radius 3 is 2.34 bits per heavy atom. The van der Waals surface area contributed by atoms with Crippen LogP contribution in [0.1, 0.15) is 47.1 Å². The van der Waals surface area contributed by atoms with Crippen LogP contribution < -0.4 is 4.74 Å². The van der Waals surface area contributed by atoms with Crippen LogP contribution in [0.5, 0.6) is 11.5 Å². The van der Waals surface area contributed by atoms with Crippen LogP contribution in [-0.2, 0) is 16.0 Å². The molecule has 1 heterocycles. The van der Waals surface area contributed by atoms with Gasteiger partial charge in [0.15, 0.2) is 11.5 Å². The van der Waals surface area contributed by atoms with E-state index in [4.69, 9.17) is 27.9 Å². The zero-order valence-corrected chi connectivity index (χ0v) is 17.9. The number of halogens is 5. The van der Waals surface area contributed by atoms with E-state index < -0.39 is 35.3 Å². The van der Waals surface area contributed by atoms with Crippen LogP contribution in [0.15, 0.2) is 18.2 Å². The molecule has 12 heteroatoms. The quantitative estimate of drug-likeness (QED) is 0.410. The Hall–Kier alpha value is -3.03. The van der Waals surface area contributed by atoms with Gasteiger partial charge in [0, 0.05) is 28.6 Å². The topological polar surface area (TPSA) is 110 Å². The van der Waals surface area contributed by atoms with Gasteiger partial charge in [0.25, 0.3) is 0 Å². The van der Waals surface area contributed by atoms with Crippen LogP contribution in [0.3, 0.4) is 0 Å². The van der Waals surface area contributed by atoms with Gasteiger partial charge < -0.3 is 14.6 Å². The minimum atomic E-state index is -4.94. The third-order valence-corrected chi connectivity index (χ3v) is 4.67. The Kier molecular flexibility index (Phi) is 8.30. The number of rotatable bonds is 8. The molecule has 2 rings (SSSR count). The van der Waals surface area contributed by atoms with E-state index >= 15 is 0 Å². The summed E-state index contributed by atoms with van der Waals surface area (Å²) in [5, 5.41) is 19.1. The average molecular weight is 491 g/mol. The summed E-state index contributed by atoms with van der Waals surface area (Å²) in [5.74, 6) is -2.60. The standard InChI is InChI=1S/C20H15Cl2F3N2O5/c1-2-31-17(29)4-3-16(28)18-19(30)10(9-26)5-11(27-18)6-13-14(21)7-12(8-15(13)22)32-20(23,24)25/h5,7-8,30H,2-4,6H2,1H3. The highest BCUT2D eigenvalue weighted by atomic mass is 35.5. The van der Waals surface area contributed by atoms with Gasteiger partial charge in [-0.25, -0.2) is 4.98 Å². The number of benzene rings is 1. The van der Waals surface area contributed by atoms with E-state index in [9.17, 15) is 33.1 Å². The number of aromatic nitrogens is 1. The van der Waals surface area contributed by atoms with Gasteiger partial charge in [0.1, 0.15) is 17.5 Å². The number of aromatic hydroxyl groups is 1. The number of hydrogen-bond acceptors (Lipinski definition) is 7. The van der Waals surface area contributed by atoms with Crippen molar-refractivity contribution in [2.45, 2.75) is 32.5 Å². The Bertz CT molecular complexity index is 1060. The summed E-state index contributed by atoms with van der Waals surface area (Å²) in [6.07, 6.45) is -5.68. The largest absolute Gasteiger partial charge is 0.573 e. The van der Waals surface area contributed by atoms with Crippen molar-refractivity contribution in [3.05, 3.63) is 50.8 Å². The summed E-state index contributed by atoms with van der Waals surface area (Å²) in [5.41, 5.74) is -0.451. The summed E-state index contributed by atoms with van der Waals surface area (Å²) in [7, 11) is 0. The molecule has 0 spiro atoms. The molecule has 0 amide bonds. The Balaban J connectivity index is 2.35. The van der Waals surface area contributed by atoms with Crippen molar-refractivity contribution in [2.24, 2.45) is 0 Å². The molecule has 0 fully saturated rings. The summed E-state index contributed by atoms with van der Waals surface area (Å²) in [4.78, 5) is 27.9. The van der Waals surface area contributed by atoms with Gasteiger partial charge in [-0.15, -0.1) is 13.2 Å². The molecule has 0 unspecified atom stereocenters. The van der Waals surface area contributed by atoms with Gasteiger partial charge in [-0.2, -0.15) is 5.26 Å². The van der Waals surface area contributed by atoms with Crippen molar-refractivity contribution in [3.8, 4) is 17.6 Å². The molecule has 0 bridgehead atoms. The molecule has 0 aliphatic carbocycles. The Labute approximate surface area is 190 Å². The fraction of sp³-hybridized carbons (Fsp3) is 0.300. The molecular weight excluding hydrogens is 476 g/mol. The Morgan fingerprint density at radius 1 is 1.19 bits per heavy atom. The fourth-order valence-electron chi connectivity index (χ4n) is 2.65. The van der Waals surface area contributed by atoms with Crippen LogP contribution in [0.2, 0.25) is 10.0 Å². The first kappa shape index (κ1) is 25.2. The van der Waals surface area contributed by atoms with E-state index in [1.165, 1.54) is 6.07 Å². The number of nitriles is 1. The lowest BCUT2D eigenvalue weighted by Gasteiger charge is -2.13. The molecule has 1 N–H and O–H groups in total. The van der Waals surface area contributed by atoms with Crippen LogP contribution in [0, 0.1) is 11.3 Å². The van der Waals surface area contributed by atoms with E-state index in [0.717, 1.165) is 12.1 Å². The highest BCUT2D eigenvalue weighted by Crippen LogP contribution is 2.35. The van der Waals surface area contributed by atoms with Crippen LogP contribution in [0.4, 0.5) is 13.2 Å². The molecule has 0 atom stereocenters. The smallest absolute Gasteiger partial charge is 0.504 e. The predicted molar refractivity (Wildman–Crippen MR) is 107 cm³/mol. The molecule has 1 aromatic carbocycles. The zero-order valence-electron chi connectivity index (χ0n) is 16.4. The minimum Gasteiger partial charge on any atom is -0.504 e. The first-order valence-electron chi connectivity index (χ1n) is 9.00. The number of ketones is 1. The number of Topliss-reactive ketones (excluding diaryl/α,β-unsaturated/α-hetero) is 1. The minimum absolute atomic E-state index is 0.0899. The average Bonchev–Trinajstić information content (AvgIpc) is 2.68. The van der Waals surface area contributed by atoms with Gasteiger partial charge in [0.05, 0.1) is 18.6 Å². The Morgan fingerprint density at radius 2 is 1.81 bits per heavy atom. The van der Waals surface area contributed by atoms with Gasteiger partial charge in [-0.05, 0) is 30.7 Å². The monoisotopic (exact) mass is 490 g/mol. The summed E-state index contributed by atoms with van der Waals surface area (Å²) < 4.78 is 45.8. The van der Waals surface area contributed by atoms with E-state index in [-0.39, 0.29) is 52.7 Å². The van der Waals surface area contributed by atoms with Gasteiger partial charge in [-0.1, -0.05) is 23.2 Å². The van der Waals surface area contributed by atoms with E-state index in [1.807, 2.05) is 0 Å². The summed E-state index contributed by atoms with van der Waals surface area (Å²) in [6.45, 7) is 1.74. The molecule has 170 valence electrons.